The number of nitrogens with zero attached hydrogens (tertiary/aromatic N) is 1. The number of aryl methyl sites for hydroxylation is 1. The van der Waals surface area contributed by atoms with E-state index in [1.54, 1.807) is 13.8 Å². The maximum absolute atomic E-state index is 13.3. The number of aromatic amines is 1. The van der Waals surface area contributed by atoms with Crippen molar-refractivity contribution in [3.05, 3.63) is 74.8 Å². The van der Waals surface area contributed by atoms with E-state index in [1.807, 2.05) is 24.3 Å². The first-order valence-corrected chi connectivity index (χ1v) is 15.1. The smallest absolute Gasteiger partial charge is 0.330 e. The summed E-state index contributed by atoms with van der Waals surface area (Å²) in [6.07, 6.45) is 0.246. The minimum atomic E-state index is -1.45. The van der Waals surface area contributed by atoms with Crippen LogP contribution in [0.15, 0.2) is 58.0 Å². The highest BCUT2D eigenvalue weighted by Gasteiger charge is 2.53. The van der Waals surface area contributed by atoms with Crippen molar-refractivity contribution in [2.24, 2.45) is 5.73 Å². The van der Waals surface area contributed by atoms with Crippen LogP contribution in [-0.2, 0) is 44.4 Å². The number of carbonyl (C=O) groups excluding carboxylic acids is 2. The topological polar surface area (TPSA) is 182 Å². The summed E-state index contributed by atoms with van der Waals surface area (Å²) >= 11 is 0. The fraction of sp³-hybridized carbons (Fsp3) is 0.548. The van der Waals surface area contributed by atoms with Gasteiger partial charge in [0.15, 0.2) is 23.8 Å². The van der Waals surface area contributed by atoms with E-state index in [4.69, 9.17) is 34.2 Å². The lowest BCUT2D eigenvalue weighted by atomic mass is 10.1. The summed E-state index contributed by atoms with van der Waals surface area (Å²) in [5, 5.41) is 2.83. The highest BCUT2D eigenvalue weighted by molar-refractivity contribution is 6.02. The third kappa shape index (κ3) is 7.53. The average molecular weight is 629 g/mol. The van der Waals surface area contributed by atoms with Gasteiger partial charge in [0.25, 0.3) is 11.5 Å². The monoisotopic (exact) mass is 628 g/mol. The number of rotatable bonds is 12. The molecule has 0 aliphatic carbocycles. The Bertz CT molecular complexity index is 1520. The molecule has 14 heteroatoms. The second-order valence-corrected chi connectivity index (χ2v) is 11.7. The van der Waals surface area contributed by atoms with Gasteiger partial charge in [-0.2, -0.15) is 0 Å². The average Bonchev–Trinajstić information content (AvgIpc) is 3.55. The molecule has 7 atom stereocenters. The number of ether oxygens (including phenoxy) is 6. The summed E-state index contributed by atoms with van der Waals surface area (Å²) in [6, 6.07) is 8.78. The maximum Gasteiger partial charge on any atom is 0.330 e. The van der Waals surface area contributed by atoms with Gasteiger partial charge in [0.1, 0.15) is 18.4 Å². The first-order chi connectivity index (χ1) is 21.5. The highest BCUT2D eigenvalue weighted by atomic mass is 16.8. The van der Waals surface area contributed by atoms with Crippen LogP contribution in [0.4, 0.5) is 5.69 Å². The van der Waals surface area contributed by atoms with Crippen LogP contribution in [0.5, 0.6) is 0 Å². The first-order valence-electron chi connectivity index (χ1n) is 15.1. The highest BCUT2D eigenvalue weighted by Crippen LogP contribution is 2.38. The van der Waals surface area contributed by atoms with E-state index < -0.39 is 71.9 Å². The van der Waals surface area contributed by atoms with Crippen molar-refractivity contribution in [2.75, 3.05) is 12.4 Å². The molecular formula is C31H40N4O10. The van der Waals surface area contributed by atoms with Gasteiger partial charge in [-0.25, -0.2) is 4.79 Å². The van der Waals surface area contributed by atoms with Crippen LogP contribution >= 0.6 is 0 Å². The summed E-state index contributed by atoms with van der Waals surface area (Å²) in [5.41, 5.74) is 6.29. The minimum absolute atomic E-state index is 0.0916. The van der Waals surface area contributed by atoms with Gasteiger partial charge in [0.05, 0.1) is 6.10 Å². The second-order valence-electron chi connectivity index (χ2n) is 11.7. The fourth-order valence-electron chi connectivity index (χ4n) is 5.74. The SMILES string of the molecule is CCCCCc1ccc(NC(=O)C2=C[C@@H]3OC(C)(C)O[C@@H]3[C@@H](O[C@@H](C(N)=O)[C@H]3O[C@@H](n4ccc(=O)[nH]c4=O)C[C@@H]3OC)O2)cc1. The van der Waals surface area contributed by atoms with Gasteiger partial charge in [-0.1, -0.05) is 31.9 Å². The standard InChI is InChI=1S/C31H40N4O10/c1-5-6-7-8-17-9-11-18(12-10-17)33-28(38)21-15-20-25(45-31(2,3)44-20)29(41-21)43-26(27(32)37)24-19(40-4)16-23(42-24)35-14-13-22(36)34-30(35)39/h9-15,19-20,23-26,29H,5-8,16H2,1-4H3,(H2,32,37)(H,33,38)(H,34,36,39)/t19-,20-,23+,24-,25-,26+,29+/m0/s1. The number of H-pyrrole nitrogens is 1. The normalized spacial score (nSPS) is 27.7. The van der Waals surface area contributed by atoms with Crippen molar-refractivity contribution in [3.8, 4) is 0 Å². The molecule has 244 valence electrons. The molecule has 1 aromatic carbocycles. The number of primary amides is 1. The van der Waals surface area contributed by atoms with Crippen molar-refractivity contribution in [3.63, 3.8) is 0 Å². The molecule has 1 aromatic heterocycles. The number of fused-ring (bicyclic) bond motifs is 1. The van der Waals surface area contributed by atoms with E-state index >= 15 is 0 Å². The minimum Gasteiger partial charge on any atom is -0.456 e. The molecule has 0 saturated carbocycles. The van der Waals surface area contributed by atoms with E-state index in [-0.39, 0.29) is 12.2 Å². The molecule has 2 amide bonds. The molecule has 3 aliphatic rings. The Balaban J connectivity index is 1.33. The number of benzene rings is 1. The molecule has 3 aliphatic heterocycles. The molecule has 14 nitrogen and oxygen atoms in total. The van der Waals surface area contributed by atoms with Gasteiger partial charge in [0, 0.05) is 31.5 Å². The fourth-order valence-corrected chi connectivity index (χ4v) is 5.74. The number of nitrogens with one attached hydrogen (secondary N) is 2. The largest absolute Gasteiger partial charge is 0.456 e. The molecule has 5 rings (SSSR count). The summed E-state index contributed by atoms with van der Waals surface area (Å²) in [4.78, 5) is 52.3. The molecule has 45 heavy (non-hydrogen) atoms. The number of anilines is 1. The molecule has 0 radical (unpaired) electrons. The second kappa shape index (κ2) is 13.7. The van der Waals surface area contributed by atoms with Gasteiger partial charge in [-0.05, 0) is 50.5 Å². The van der Waals surface area contributed by atoms with Gasteiger partial charge in [0.2, 0.25) is 12.2 Å². The number of carbonyl (C=O) groups is 2. The Labute approximate surface area is 259 Å². The van der Waals surface area contributed by atoms with Crippen LogP contribution in [0.2, 0.25) is 0 Å². The Morgan fingerprint density at radius 2 is 1.91 bits per heavy atom. The van der Waals surface area contributed by atoms with Crippen LogP contribution in [-0.4, -0.2) is 71.1 Å². The molecule has 4 N–H and O–H groups in total. The molecule has 0 bridgehead atoms. The number of methoxy groups -OCH3 is 1. The first kappa shape index (κ1) is 32.6. The number of hydrogen-bond donors (Lipinski definition) is 3. The van der Waals surface area contributed by atoms with Crippen molar-refractivity contribution in [1.29, 1.82) is 0 Å². The zero-order valence-corrected chi connectivity index (χ0v) is 25.7. The van der Waals surface area contributed by atoms with Crippen molar-refractivity contribution in [1.82, 2.24) is 9.55 Å². The lowest BCUT2D eigenvalue weighted by Gasteiger charge is -2.34. The summed E-state index contributed by atoms with van der Waals surface area (Å²) in [7, 11) is 1.42. The maximum atomic E-state index is 13.3. The molecular weight excluding hydrogens is 588 g/mol. The Hall–Kier alpha value is -3.82. The Kier molecular flexibility index (Phi) is 9.89. The predicted molar refractivity (Wildman–Crippen MR) is 160 cm³/mol. The molecule has 2 saturated heterocycles. The van der Waals surface area contributed by atoms with Gasteiger partial charge in [-0.15, -0.1) is 0 Å². The lowest BCUT2D eigenvalue weighted by molar-refractivity contribution is -0.241. The molecule has 0 spiro atoms. The number of unbranched alkanes of at least 4 members (excludes halogenated alkanes) is 2. The molecule has 2 fully saturated rings. The van der Waals surface area contributed by atoms with Crippen LogP contribution in [0, 0.1) is 0 Å². The van der Waals surface area contributed by atoms with Crippen molar-refractivity contribution >= 4 is 17.5 Å². The van der Waals surface area contributed by atoms with E-state index in [1.165, 1.54) is 35.6 Å². The molecule has 4 heterocycles. The Morgan fingerprint density at radius 1 is 1.16 bits per heavy atom. The zero-order chi connectivity index (χ0) is 32.3. The van der Waals surface area contributed by atoms with Crippen LogP contribution in [0.3, 0.4) is 0 Å². The van der Waals surface area contributed by atoms with Gasteiger partial charge in [-0.3, -0.25) is 23.9 Å². The number of hydrogen-bond acceptors (Lipinski definition) is 10. The number of nitrogens with two attached hydrogens (primary N) is 1. The van der Waals surface area contributed by atoms with Crippen molar-refractivity contribution < 1.29 is 38.0 Å². The number of aromatic nitrogens is 2. The third-order valence-corrected chi connectivity index (χ3v) is 7.93. The van der Waals surface area contributed by atoms with Gasteiger partial charge < -0.3 is 39.5 Å². The van der Waals surface area contributed by atoms with Crippen molar-refractivity contribution in [2.45, 2.75) is 102 Å². The van der Waals surface area contributed by atoms with Crippen LogP contribution in [0.1, 0.15) is 58.2 Å². The number of amides is 2. The zero-order valence-electron chi connectivity index (χ0n) is 25.7. The predicted octanol–water partition coefficient (Wildman–Crippen LogP) is 1.84. The summed E-state index contributed by atoms with van der Waals surface area (Å²) < 4.78 is 37.0. The van der Waals surface area contributed by atoms with E-state index in [2.05, 4.69) is 17.2 Å². The quantitative estimate of drug-likeness (QED) is 0.293. The van der Waals surface area contributed by atoms with E-state index in [9.17, 15) is 19.2 Å². The summed E-state index contributed by atoms with van der Waals surface area (Å²) in [6.45, 7) is 5.57. The third-order valence-electron chi connectivity index (χ3n) is 7.93. The van der Waals surface area contributed by atoms with E-state index in [0.29, 0.717) is 5.69 Å². The lowest BCUT2D eigenvalue weighted by Crippen LogP contribution is -2.52. The van der Waals surface area contributed by atoms with Crippen LogP contribution in [0.25, 0.3) is 0 Å². The van der Waals surface area contributed by atoms with Gasteiger partial charge >= 0.3 is 5.69 Å². The summed E-state index contributed by atoms with van der Waals surface area (Å²) in [5.74, 6) is -2.58. The molecule has 2 aromatic rings. The van der Waals surface area contributed by atoms with E-state index in [0.717, 1.165) is 25.7 Å². The molecule has 0 unspecified atom stereocenters. The Morgan fingerprint density at radius 3 is 2.58 bits per heavy atom. The van der Waals surface area contributed by atoms with Crippen LogP contribution < -0.4 is 22.3 Å².